The number of nitrogen functional groups attached to an aromatic ring is 1. The van der Waals surface area contributed by atoms with Crippen LogP contribution in [0.15, 0.2) is 47.4 Å². The summed E-state index contributed by atoms with van der Waals surface area (Å²) in [5.41, 5.74) is 11.9. The Balaban J connectivity index is 0.00000216. The molecule has 1 aliphatic rings. The zero-order valence-corrected chi connectivity index (χ0v) is 18.4. The summed E-state index contributed by atoms with van der Waals surface area (Å²) in [5.74, 6) is 1.19. The summed E-state index contributed by atoms with van der Waals surface area (Å²) in [6.45, 7) is 4.12. The first-order valence-corrected chi connectivity index (χ1v) is 10.6. The molecule has 1 fully saturated rings. The van der Waals surface area contributed by atoms with E-state index in [9.17, 15) is 0 Å². The van der Waals surface area contributed by atoms with E-state index in [0.717, 1.165) is 70.2 Å². The van der Waals surface area contributed by atoms with Crippen molar-refractivity contribution < 1.29 is 4.42 Å². The molecule has 164 valence electrons. The van der Waals surface area contributed by atoms with Gasteiger partial charge < -0.3 is 15.5 Å². The first-order valence-electron chi connectivity index (χ1n) is 10.6. The number of aromatic amines is 1. The van der Waals surface area contributed by atoms with Gasteiger partial charge in [0.05, 0.1) is 24.0 Å². The van der Waals surface area contributed by atoms with Crippen molar-refractivity contribution in [2.45, 2.75) is 25.8 Å². The van der Waals surface area contributed by atoms with Crippen LogP contribution < -0.4 is 11.1 Å². The molecular formula is C23H24ClN7O. The zero-order chi connectivity index (χ0) is 20.9. The maximum absolute atomic E-state index is 6.27. The van der Waals surface area contributed by atoms with Crippen LogP contribution in [-0.4, -0.2) is 38.1 Å². The summed E-state index contributed by atoms with van der Waals surface area (Å²) in [4.78, 5) is 4.42. The lowest BCUT2D eigenvalue weighted by molar-refractivity contribution is 0.343. The van der Waals surface area contributed by atoms with Crippen LogP contribution in [-0.2, 0) is 0 Å². The summed E-state index contributed by atoms with van der Waals surface area (Å²) in [6, 6.07) is 6.54. The Labute approximate surface area is 190 Å². The van der Waals surface area contributed by atoms with E-state index in [2.05, 4.69) is 49.5 Å². The highest BCUT2D eigenvalue weighted by Crippen LogP contribution is 2.41. The van der Waals surface area contributed by atoms with Crippen LogP contribution >= 0.6 is 12.4 Å². The number of benzene rings is 1. The summed E-state index contributed by atoms with van der Waals surface area (Å²) < 4.78 is 8.36. The van der Waals surface area contributed by atoms with Crippen molar-refractivity contribution in [1.82, 2.24) is 30.3 Å². The molecule has 0 saturated carbocycles. The van der Waals surface area contributed by atoms with Crippen molar-refractivity contribution in [2.75, 3.05) is 18.8 Å². The molecule has 0 bridgehead atoms. The lowest BCUT2D eigenvalue weighted by Crippen LogP contribution is -2.29. The number of aromatic nitrogens is 5. The third-order valence-electron chi connectivity index (χ3n) is 6.28. The van der Waals surface area contributed by atoms with E-state index in [1.165, 1.54) is 0 Å². The fourth-order valence-corrected chi connectivity index (χ4v) is 4.60. The molecule has 1 saturated heterocycles. The molecule has 0 unspecified atom stereocenters. The number of nitrogens with zero attached hydrogens (tertiary/aromatic N) is 4. The van der Waals surface area contributed by atoms with Gasteiger partial charge in [-0.1, -0.05) is 0 Å². The van der Waals surface area contributed by atoms with E-state index in [0.29, 0.717) is 17.4 Å². The van der Waals surface area contributed by atoms with Crippen molar-refractivity contribution in [3.8, 4) is 22.5 Å². The van der Waals surface area contributed by atoms with Gasteiger partial charge in [0.15, 0.2) is 11.4 Å². The maximum Gasteiger partial charge on any atom is 0.177 e. The number of furan rings is 1. The summed E-state index contributed by atoms with van der Waals surface area (Å²) in [6.07, 6.45) is 9.84. The molecule has 0 radical (unpaired) electrons. The van der Waals surface area contributed by atoms with E-state index in [4.69, 9.17) is 10.2 Å². The van der Waals surface area contributed by atoms with Crippen LogP contribution in [0.4, 0.5) is 5.82 Å². The molecule has 0 spiro atoms. The average molecular weight is 450 g/mol. The van der Waals surface area contributed by atoms with Crippen LogP contribution in [0.25, 0.3) is 44.3 Å². The number of pyridine rings is 1. The minimum Gasteiger partial charge on any atom is -0.452 e. The zero-order valence-electron chi connectivity index (χ0n) is 17.6. The third kappa shape index (κ3) is 3.23. The standard InChI is InChI=1S/C23H23N7O.ClH/c1-13-20-18(16-10-28-30(12-16)17-4-6-25-7-5-17)11-26-23(24)22(20)31-21(13)14-2-3-19-15(8-14)9-27-29-19;/h2-3,8-12,17,25H,4-7H2,1H3,(H2,24,26)(H,27,29);1H. The van der Waals surface area contributed by atoms with Crippen LogP contribution in [0, 0.1) is 6.92 Å². The number of aryl methyl sites for hydroxylation is 1. The smallest absolute Gasteiger partial charge is 0.177 e. The number of nitrogens with one attached hydrogen (secondary N) is 2. The molecule has 4 N–H and O–H groups in total. The van der Waals surface area contributed by atoms with E-state index < -0.39 is 0 Å². The molecule has 4 aromatic heterocycles. The number of piperidine rings is 1. The number of hydrogen-bond acceptors (Lipinski definition) is 6. The van der Waals surface area contributed by atoms with Gasteiger partial charge in [-0.25, -0.2) is 4.98 Å². The summed E-state index contributed by atoms with van der Waals surface area (Å²) in [5, 5.41) is 17.2. The molecule has 9 heteroatoms. The van der Waals surface area contributed by atoms with E-state index in [1.807, 2.05) is 30.7 Å². The SMILES string of the molecule is Cc1c(-c2ccc3[nH]ncc3c2)oc2c(N)ncc(-c3cnn(C4CCNCC4)c3)c12.Cl. The fraction of sp³-hybridized carbons (Fsp3) is 0.261. The Hall–Kier alpha value is -3.36. The Kier molecular flexibility index (Phi) is 5.11. The second kappa shape index (κ2) is 7.96. The van der Waals surface area contributed by atoms with Crippen LogP contribution in [0.1, 0.15) is 24.4 Å². The second-order valence-corrected chi connectivity index (χ2v) is 8.18. The molecule has 0 amide bonds. The molecule has 8 nitrogen and oxygen atoms in total. The number of nitrogens with two attached hydrogens (primary N) is 1. The normalized spacial score (nSPS) is 14.8. The van der Waals surface area contributed by atoms with Gasteiger partial charge in [-0.2, -0.15) is 10.2 Å². The van der Waals surface area contributed by atoms with Gasteiger partial charge in [-0.3, -0.25) is 9.78 Å². The highest BCUT2D eigenvalue weighted by atomic mass is 35.5. The number of fused-ring (bicyclic) bond motifs is 2. The molecule has 6 rings (SSSR count). The Morgan fingerprint density at radius 2 is 1.97 bits per heavy atom. The number of halogens is 1. The highest BCUT2D eigenvalue weighted by molar-refractivity contribution is 6.03. The quantitative estimate of drug-likeness (QED) is 0.374. The van der Waals surface area contributed by atoms with Crippen molar-refractivity contribution in [3.05, 3.63) is 48.5 Å². The molecule has 32 heavy (non-hydrogen) atoms. The van der Waals surface area contributed by atoms with Crippen LogP contribution in [0.5, 0.6) is 0 Å². The van der Waals surface area contributed by atoms with Crippen molar-refractivity contribution in [3.63, 3.8) is 0 Å². The number of rotatable bonds is 3. The largest absolute Gasteiger partial charge is 0.452 e. The lowest BCUT2D eigenvalue weighted by atomic mass is 10.0. The van der Waals surface area contributed by atoms with E-state index >= 15 is 0 Å². The van der Waals surface area contributed by atoms with Crippen molar-refractivity contribution in [2.24, 2.45) is 0 Å². The average Bonchev–Trinajstić information content (AvgIpc) is 3.54. The molecule has 1 aromatic carbocycles. The maximum atomic E-state index is 6.27. The molecule has 5 aromatic rings. The molecule has 5 heterocycles. The molecule has 1 aliphatic heterocycles. The molecule has 0 atom stereocenters. The van der Waals surface area contributed by atoms with Crippen LogP contribution in [0.2, 0.25) is 0 Å². The Morgan fingerprint density at radius 3 is 2.81 bits per heavy atom. The minimum atomic E-state index is 0. The van der Waals surface area contributed by atoms with Crippen molar-refractivity contribution in [1.29, 1.82) is 0 Å². The van der Waals surface area contributed by atoms with Crippen LogP contribution in [0.3, 0.4) is 0 Å². The fourth-order valence-electron chi connectivity index (χ4n) is 4.60. The minimum absolute atomic E-state index is 0. The summed E-state index contributed by atoms with van der Waals surface area (Å²) >= 11 is 0. The van der Waals surface area contributed by atoms with Gasteiger partial charge in [0, 0.05) is 45.4 Å². The van der Waals surface area contributed by atoms with Crippen molar-refractivity contribution >= 4 is 40.1 Å². The monoisotopic (exact) mass is 449 g/mol. The van der Waals surface area contributed by atoms with Gasteiger partial charge >= 0.3 is 0 Å². The number of hydrogen-bond donors (Lipinski definition) is 3. The van der Waals surface area contributed by atoms with Gasteiger partial charge in [-0.05, 0) is 51.1 Å². The second-order valence-electron chi connectivity index (χ2n) is 8.18. The first-order chi connectivity index (χ1) is 15.2. The molecule has 0 aliphatic carbocycles. The van der Waals surface area contributed by atoms with Gasteiger partial charge in [0.2, 0.25) is 0 Å². The van der Waals surface area contributed by atoms with Gasteiger partial charge in [-0.15, -0.1) is 12.4 Å². The predicted octanol–water partition coefficient (Wildman–Crippen LogP) is 4.47. The lowest BCUT2D eigenvalue weighted by Gasteiger charge is -2.22. The van der Waals surface area contributed by atoms with E-state index in [-0.39, 0.29) is 12.4 Å². The summed E-state index contributed by atoms with van der Waals surface area (Å²) in [7, 11) is 0. The topological polar surface area (TPSA) is 111 Å². The predicted molar refractivity (Wildman–Crippen MR) is 128 cm³/mol. The number of anilines is 1. The Bertz CT molecular complexity index is 1410. The van der Waals surface area contributed by atoms with Gasteiger partial charge in [0.25, 0.3) is 0 Å². The first kappa shape index (κ1) is 20.5. The Morgan fingerprint density at radius 1 is 1.12 bits per heavy atom. The molecular weight excluding hydrogens is 426 g/mol. The van der Waals surface area contributed by atoms with Gasteiger partial charge in [0.1, 0.15) is 5.76 Å². The number of H-pyrrole nitrogens is 1. The highest BCUT2D eigenvalue weighted by Gasteiger charge is 2.22. The third-order valence-corrected chi connectivity index (χ3v) is 6.28. The van der Waals surface area contributed by atoms with E-state index in [1.54, 1.807) is 0 Å².